The Bertz CT molecular complexity index is 947. The van der Waals surface area contributed by atoms with Crippen LogP contribution in [0.4, 0.5) is 5.69 Å². The summed E-state index contributed by atoms with van der Waals surface area (Å²) in [6, 6.07) is 15.3. The zero-order valence-electron chi connectivity index (χ0n) is 14.0. The third kappa shape index (κ3) is 3.56. The standard InChI is InChI=1S/C19H17N3O4/c1-13-17(18(23)20-16-9-7-15(8-10-16)19(24)25)22(26)12-21(13)11-14-5-3-2-4-6-14/h2-10,12H,11H2,1H3,(H,20,23)(H,24,25). The number of carboxylic acid groups (broad SMARTS) is 1. The van der Waals surface area contributed by atoms with Gasteiger partial charge in [0.15, 0.2) is 5.69 Å². The molecule has 2 N–H and O–H groups in total. The minimum absolute atomic E-state index is 0.00300. The second-order valence-electron chi connectivity index (χ2n) is 5.83. The van der Waals surface area contributed by atoms with Crippen molar-refractivity contribution in [1.82, 2.24) is 4.57 Å². The summed E-state index contributed by atoms with van der Waals surface area (Å²) in [5.74, 6) is -1.60. The smallest absolute Gasteiger partial charge is 0.335 e. The van der Waals surface area contributed by atoms with Crippen LogP contribution in [0.15, 0.2) is 60.9 Å². The lowest BCUT2D eigenvalue weighted by atomic mass is 10.2. The first-order valence-corrected chi connectivity index (χ1v) is 7.93. The van der Waals surface area contributed by atoms with Gasteiger partial charge in [-0.15, -0.1) is 0 Å². The van der Waals surface area contributed by atoms with Gasteiger partial charge < -0.3 is 15.6 Å². The molecule has 0 aliphatic rings. The van der Waals surface area contributed by atoms with E-state index in [-0.39, 0.29) is 11.3 Å². The Morgan fingerprint density at radius 1 is 1.12 bits per heavy atom. The molecule has 0 bridgehead atoms. The summed E-state index contributed by atoms with van der Waals surface area (Å²) >= 11 is 0. The van der Waals surface area contributed by atoms with Gasteiger partial charge in [0.2, 0.25) is 12.0 Å². The average molecular weight is 351 g/mol. The number of carboxylic acids is 1. The van der Waals surface area contributed by atoms with Crippen LogP contribution in [0, 0.1) is 12.1 Å². The minimum Gasteiger partial charge on any atom is -0.710 e. The number of aromatic nitrogens is 2. The average Bonchev–Trinajstić information content (AvgIpc) is 2.90. The monoisotopic (exact) mass is 351 g/mol. The van der Waals surface area contributed by atoms with Crippen LogP contribution in [0.2, 0.25) is 0 Å². The van der Waals surface area contributed by atoms with E-state index in [1.54, 1.807) is 11.5 Å². The predicted molar refractivity (Wildman–Crippen MR) is 95.0 cm³/mol. The summed E-state index contributed by atoms with van der Waals surface area (Å²) < 4.78 is 2.25. The summed E-state index contributed by atoms with van der Waals surface area (Å²) in [6.07, 6.45) is 1.34. The molecule has 3 aromatic rings. The van der Waals surface area contributed by atoms with Crippen molar-refractivity contribution in [2.24, 2.45) is 0 Å². The highest BCUT2D eigenvalue weighted by atomic mass is 16.5. The van der Waals surface area contributed by atoms with Crippen molar-refractivity contribution in [2.75, 3.05) is 5.32 Å². The van der Waals surface area contributed by atoms with Gasteiger partial charge in [-0.3, -0.25) is 4.79 Å². The van der Waals surface area contributed by atoms with Crippen LogP contribution < -0.4 is 10.0 Å². The Hall–Kier alpha value is -3.61. The number of nitrogens with zero attached hydrogens (tertiary/aromatic N) is 2. The first-order chi connectivity index (χ1) is 12.5. The molecule has 0 saturated carbocycles. The number of carbonyl (C=O) groups excluding carboxylic acids is 1. The van der Waals surface area contributed by atoms with Gasteiger partial charge in [0.1, 0.15) is 6.54 Å². The van der Waals surface area contributed by atoms with Crippen molar-refractivity contribution >= 4 is 17.6 Å². The summed E-state index contributed by atoms with van der Waals surface area (Å²) in [6.45, 7) is 2.19. The maximum Gasteiger partial charge on any atom is 0.335 e. The third-order valence-electron chi connectivity index (χ3n) is 4.04. The van der Waals surface area contributed by atoms with E-state index in [1.807, 2.05) is 30.3 Å². The molecule has 0 spiro atoms. The van der Waals surface area contributed by atoms with Crippen LogP contribution in [0.3, 0.4) is 0 Å². The Morgan fingerprint density at radius 3 is 2.38 bits per heavy atom. The number of aromatic carboxylic acids is 1. The number of imidazole rings is 1. The molecule has 1 aromatic heterocycles. The lowest BCUT2D eigenvalue weighted by molar-refractivity contribution is -0.607. The summed E-state index contributed by atoms with van der Waals surface area (Å²) in [7, 11) is 0. The molecule has 3 rings (SSSR count). The van der Waals surface area contributed by atoms with Crippen molar-refractivity contribution in [3.63, 3.8) is 0 Å². The van der Waals surface area contributed by atoms with Crippen LogP contribution >= 0.6 is 0 Å². The predicted octanol–water partition coefficient (Wildman–Crippen LogP) is 2.43. The van der Waals surface area contributed by atoms with Crippen LogP contribution in [0.5, 0.6) is 0 Å². The van der Waals surface area contributed by atoms with Gasteiger partial charge in [0.05, 0.1) is 5.56 Å². The first-order valence-electron chi connectivity index (χ1n) is 7.93. The van der Waals surface area contributed by atoms with Gasteiger partial charge in [-0.25, -0.2) is 14.1 Å². The van der Waals surface area contributed by atoms with Crippen LogP contribution in [-0.2, 0) is 6.54 Å². The van der Waals surface area contributed by atoms with Crippen molar-refractivity contribution in [1.29, 1.82) is 0 Å². The lowest BCUT2D eigenvalue weighted by Gasteiger charge is -2.06. The molecular weight excluding hydrogens is 334 g/mol. The largest absolute Gasteiger partial charge is 0.710 e. The van der Waals surface area contributed by atoms with Crippen molar-refractivity contribution in [3.05, 3.63) is 88.6 Å². The van der Waals surface area contributed by atoms with Gasteiger partial charge in [0, 0.05) is 12.6 Å². The van der Waals surface area contributed by atoms with E-state index in [0.29, 0.717) is 22.7 Å². The molecular formula is C19H17N3O4. The summed E-state index contributed by atoms with van der Waals surface area (Å²) in [4.78, 5) is 23.3. The van der Waals surface area contributed by atoms with E-state index in [4.69, 9.17) is 5.11 Å². The number of amides is 1. The van der Waals surface area contributed by atoms with Crippen LogP contribution in [-0.4, -0.2) is 21.6 Å². The van der Waals surface area contributed by atoms with Gasteiger partial charge in [-0.1, -0.05) is 30.3 Å². The van der Waals surface area contributed by atoms with E-state index in [0.717, 1.165) is 5.56 Å². The number of nitrogens with one attached hydrogen (secondary N) is 1. The second-order valence-corrected chi connectivity index (χ2v) is 5.83. The fraction of sp³-hybridized carbons (Fsp3) is 0.105. The number of rotatable bonds is 5. The topological polar surface area (TPSA) is 98.3 Å². The highest BCUT2D eigenvalue weighted by Crippen LogP contribution is 2.13. The Kier molecular flexibility index (Phi) is 4.70. The molecule has 132 valence electrons. The molecule has 0 unspecified atom stereocenters. The number of hydrogen-bond donors (Lipinski definition) is 2. The number of anilines is 1. The zero-order valence-corrected chi connectivity index (χ0v) is 14.0. The maximum atomic E-state index is 12.5. The normalized spacial score (nSPS) is 10.5. The van der Waals surface area contributed by atoms with Gasteiger partial charge in [-0.2, -0.15) is 0 Å². The summed E-state index contributed by atoms with van der Waals surface area (Å²) in [5.41, 5.74) is 2.09. The molecule has 0 saturated heterocycles. The number of carbonyl (C=O) groups is 2. The third-order valence-corrected chi connectivity index (χ3v) is 4.04. The molecule has 1 amide bonds. The molecule has 2 aromatic carbocycles. The molecule has 0 radical (unpaired) electrons. The molecule has 0 aliphatic carbocycles. The molecule has 7 heteroatoms. The second kappa shape index (κ2) is 7.10. The highest BCUT2D eigenvalue weighted by Gasteiger charge is 2.23. The van der Waals surface area contributed by atoms with E-state index < -0.39 is 11.9 Å². The van der Waals surface area contributed by atoms with Crippen molar-refractivity contribution in [2.45, 2.75) is 13.5 Å². The van der Waals surface area contributed by atoms with Gasteiger partial charge >= 0.3 is 5.97 Å². The lowest BCUT2D eigenvalue weighted by Crippen LogP contribution is -2.34. The first kappa shape index (κ1) is 17.2. The fourth-order valence-corrected chi connectivity index (χ4v) is 2.66. The Balaban J connectivity index is 1.80. The maximum absolute atomic E-state index is 12.5. The van der Waals surface area contributed by atoms with E-state index in [2.05, 4.69) is 5.32 Å². The molecule has 0 atom stereocenters. The highest BCUT2D eigenvalue weighted by molar-refractivity contribution is 6.02. The molecule has 7 nitrogen and oxygen atoms in total. The number of hydrogen-bond acceptors (Lipinski definition) is 3. The zero-order chi connectivity index (χ0) is 18.7. The molecule has 0 fully saturated rings. The SMILES string of the molecule is Cc1c(C(=O)Nc2ccc(C(=O)O)cc2)[n+]([O-])cn1Cc1ccccc1. The van der Waals surface area contributed by atoms with Gasteiger partial charge in [-0.05, 0) is 29.8 Å². The molecule has 26 heavy (non-hydrogen) atoms. The summed E-state index contributed by atoms with van der Waals surface area (Å²) in [5, 5.41) is 23.7. The van der Waals surface area contributed by atoms with E-state index >= 15 is 0 Å². The van der Waals surface area contributed by atoms with Crippen LogP contribution in [0.1, 0.15) is 32.1 Å². The van der Waals surface area contributed by atoms with Crippen molar-refractivity contribution < 1.29 is 19.4 Å². The quantitative estimate of drug-likeness (QED) is 0.545. The molecule has 1 heterocycles. The Labute approximate surface area is 149 Å². The fourth-order valence-electron chi connectivity index (χ4n) is 2.66. The minimum atomic E-state index is -1.05. The van der Waals surface area contributed by atoms with Gasteiger partial charge in [0.25, 0.3) is 5.91 Å². The van der Waals surface area contributed by atoms with Crippen molar-refractivity contribution in [3.8, 4) is 0 Å². The van der Waals surface area contributed by atoms with E-state index in [1.165, 1.54) is 30.6 Å². The number of benzene rings is 2. The van der Waals surface area contributed by atoms with E-state index in [9.17, 15) is 14.8 Å². The Morgan fingerprint density at radius 2 is 1.77 bits per heavy atom. The molecule has 0 aliphatic heterocycles. The van der Waals surface area contributed by atoms with Crippen LogP contribution in [0.25, 0.3) is 0 Å².